The van der Waals surface area contributed by atoms with Crippen LogP contribution < -0.4 is 9.62 Å². The number of sulfonamides is 1. The Morgan fingerprint density at radius 3 is 2.63 bits per heavy atom. The van der Waals surface area contributed by atoms with Gasteiger partial charge in [0.15, 0.2) is 0 Å². The molecule has 41 heavy (non-hydrogen) atoms. The number of aryl methyl sites for hydroxylation is 1. The molecule has 0 saturated carbocycles. The quantitative estimate of drug-likeness (QED) is 0.280. The van der Waals surface area contributed by atoms with E-state index in [-0.39, 0.29) is 5.82 Å². The Bertz CT molecular complexity index is 1860. The number of benzene rings is 2. The van der Waals surface area contributed by atoms with Gasteiger partial charge < -0.3 is 14.6 Å². The van der Waals surface area contributed by atoms with Gasteiger partial charge in [-0.3, -0.25) is 9.40 Å². The highest BCUT2D eigenvalue weighted by Gasteiger charge is 2.20. The number of halogens is 1. The first-order valence-electron chi connectivity index (χ1n) is 13.4. The van der Waals surface area contributed by atoms with Crippen molar-refractivity contribution >= 4 is 32.4 Å². The zero-order valence-corrected chi connectivity index (χ0v) is 23.9. The molecule has 0 spiro atoms. The van der Waals surface area contributed by atoms with Crippen LogP contribution in [-0.2, 0) is 21.3 Å². The lowest BCUT2D eigenvalue weighted by atomic mass is 10.0. The van der Waals surface area contributed by atoms with Gasteiger partial charge in [0, 0.05) is 53.3 Å². The van der Waals surface area contributed by atoms with Crippen molar-refractivity contribution in [2.45, 2.75) is 20.4 Å². The monoisotopic (exact) mass is 574 g/mol. The molecule has 1 aliphatic rings. The molecule has 0 amide bonds. The SMILES string of the molecule is Cc1nn(Cc2cccc(F)c2)c(C)c1-c1c[nH]c2ncc(-c3ccc(N4CCOCC4)c(NS(C)(=O)=O)c3)cc12. The number of ether oxygens (including phenoxy) is 1. The van der Waals surface area contributed by atoms with Crippen LogP contribution in [0.3, 0.4) is 0 Å². The first kappa shape index (κ1) is 27.0. The smallest absolute Gasteiger partial charge is 0.229 e. The number of hydrogen-bond donors (Lipinski definition) is 2. The normalized spacial score (nSPS) is 14.1. The van der Waals surface area contributed by atoms with Crippen LogP contribution in [0.2, 0.25) is 0 Å². The van der Waals surface area contributed by atoms with Gasteiger partial charge in [0.2, 0.25) is 10.0 Å². The molecule has 0 unspecified atom stereocenters. The number of nitrogens with zero attached hydrogens (tertiary/aromatic N) is 4. The van der Waals surface area contributed by atoms with Crippen LogP contribution in [0, 0.1) is 19.7 Å². The van der Waals surface area contributed by atoms with Crippen molar-refractivity contribution in [2.24, 2.45) is 0 Å². The standard InChI is InChI=1S/C30H31FN6O3S/c1-19-29(20(2)37(34-19)18-21-5-4-6-24(31)13-21)26-17-33-30-25(26)14-23(16-32-30)22-7-8-28(36-9-11-40-12-10-36)27(15-22)35-41(3,38)39/h4-8,13-17,35H,9-12,18H2,1-3H3,(H,32,33). The van der Waals surface area contributed by atoms with E-state index in [2.05, 4.69) is 25.7 Å². The van der Waals surface area contributed by atoms with Gasteiger partial charge in [-0.2, -0.15) is 5.10 Å². The number of nitrogens with one attached hydrogen (secondary N) is 2. The minimum Gasteiger partial charge on any atom is -0.378 e. The number of aromatic nitrogens is 4. The van der Waals surface area contributed by atoms with Gasteiger partial charge >= 0.3 is 0 Å². The van der Waals surface area contributed by atoms with Crippen molar-refractivity contribution in [2.75, 3.05) is 42.2 Å². The molecule has 11 heteroatoms. The number of H-pyrrole nitrogens is 1. The minimum atomic E-state index is -3.50. The van der Waals surface area contributed by atoms with Gasteiger partial charge in [-0.05, 0) is 55.3 Å². The van der Waals surface area contributed by atoms with Gasteiger partial charge in [0.25, 0.3) is 0 Å². The lowest BCUT2D eigenvalue weighted by Crippen LogP contribution is -2.36. The molecule has 3 aromatic heterocycles. The number of aromatic amines is 1. The molecule has 2 aromatic carbocycles. The molecule has 212 valence electrons. The Morgan fingerprint density at radius 2 is 1.88 bits per heavy atom. The number of hydrogen-bond acceptors (Lipinski definition) is 6. The molecular formula is C30H31FN6O3S. The average molecular weight is 575 g/mol. The molecule has 1 saturated heterocycles. The van der Waals surface area contributed by atoms with Crippen LogP contribution in [0.5, 0.6) is 0 Å². The van der Waals surface area contributed by atoms with Crippen molar-refractivity contribution < 1.29 is 17.5 Å². The average Bonchev–Trinajstić information content (AvgIpc) is 3.47. The highest BCUT2D eigenvalue weighted by atomic mass is 32.2. The van der Waals surface area contributed by atoms with Crippen LogP contribution in [0.25, 0.3) is 33.3 Å². The highest BCUT2D eigenvalue weighted by Crippen LogP contribution is 2.37. The molecule has 5 aromatic rings. The van der Waals surface area contributed by atoms with Crippen LogP contribution in [0.1, 0.15) is 17.0 Å². The summed E-state index contributed by atoms with van der Waals surface area (Å²) < 4.78 is 48.3. The molecule has 0 bridgehead atoms. The fourth-order valence-electron chi connectivity index (χ4n) is 5.49. The summed E-state index contributed by atoms with van der Waals surface area (Å²) >= 11 is 0. The van der Waals surface area contributed by atoms with Gasteiger partial charge in [0.05, 0.1) is 43.1 Å². The number of pyridine rings is 1. The van der Waals surface area contributed by atoms with Crippen molar-refractivity contribution in [1.29, 1.82) is 0 Å². The number of anilines is 2. The molecule has 4 heterocycles. The summed E-state index contributed by atoms with van der Waals surface area (Å²) in [7, 11) is -3.50. The first-order chi connectivity index (χ1) is 19.7. The van der Waals surface area contributed by atoms with E-state index >= 15 is 0 Å². The third kappa shape index (κ3) is 5.55. The van der Waals surface area contributed by atoms with E-state index in [1.54, 1.807) is 12.3 Å². The second-order valence-corrected chi connectivity index (χ2v) is 12.1. The number of rotatable bonds is 7. The predicted octanol–water partition coefficient (Wildman–Crippen LogP) is 5.11. The van der Waals surface area contributed by atoms with Crippen molar-refractivity contribution in [3.8, 4) is 22.3 Å². The zero-order chi connectivity index (χ0) is 28.7. The molecule has 0 aliphatic carbocycles. The van der Waals surface area contributed by atoms with Crippen molar-refractivity contribution in [3.63, 3.8) is 0 Å². The maximum atomic E-state index is 13.8. The van der Waals surface area contributed by atoms with Crippen LogP contribution in [0.15, 0.2) is 60.9 Å². The Morgan fingerprint density at radius 1 is 1.07 bits per heavy atom. The van der Waals surface area contributed by atoms with Crippen LogP contribution >= 0.6 is 0 Å². The third-order valence-corrected chi connectivity index (χ3v) is 7.97. The minimum absolute atomic E-state index is 0.271. The van der Waals surface area contributed by atoms with E-state index in [4.69, 9.17) is 9.84 Å². The summed E-state index contributed by atoms with van der Waals surface area (Å²) in [6, 6.07) is 14.4. The lowest BCUT2D eigenvalue weighted by molar-refractivity contribution is 0.123. The fraction of sp³-hybridized carbons (Fsp3) is 0.267. The van der Waals surface area contributed by atoms with Gasteiger partial charge in [0.1, 0.15) is 11.5 Å². The van der Waals surface area contributed by atoms with E-state index in [0.29, 0.717) is 38.5 Å². The second kappa shape index (κ2) is 10.6. The van der Waals surface area contributed by atoms with Gasteiger partial charge in [-0.25, -0.2) is 17.8 Å². The molecule has 1 aliphatic heterocycles. The maximum absolute atomic E-state index is 13.8. The van der Waals surface area contributed by atoms with Crippen LogP contribution in [-0.4, -0.2) is 60.7 Å². The Balaban J connectivity index is 1.39. The molecule has 0 radical (unpaired) electrons. The molecule has 1 fully saturated rings. The fourth-order valence-corrected chi connectivity index (χ4v) is 6.06. The van der Waals surface area contributed by atoms with Gasteiger partial charge in [-0.1, -0.05) is 18.2 Å². The van der Waals surface area contributed by atoms with Crippen molar-refractivity contribution in [1.82, 2.24) is 19.7 Å². The summed E-state index contributed by atoms with van der Waals surface area (Å²) in [5.74, 6) is -0.271. The van der Waals surface area contributed by atoms with Gasteiger partial charge in [-0.15, -0.1) is 0 Å². The van der Waals surface area contributed by atoms with Crippen molar-refractivity contribution in [3.05, 3.63) is 83.7 Å². The molecule has 0 atom stereocenters. The van der Waals surface area contributed by atoms with E-state index in [9.17, 15) is 12.8 Å². The third-order valence-electron chi connectivity index (χ3n) is 7.38. The van der Waals surface area contributed by atoms with Crippen LogP contribution in [0.4, 0.5) is 15.8 Å². The highest BCUT2D eigenvalue weighted by molar-refractivity contribution is 7.92. The molecular weight excluding hydrogens is 543 g/mol. The Labute approximate surface area is 238 Å². The second-order valence-electron chi connectivity index (χ2n) is 10.4. The predicted molar refractivity (Wildman–Crippen MR) is 159 cm³/mol. The van der Waals surface area contributed by atoms with E-state index in [1.165, 1.54) is 12.1 Å². The Hall–Kier alpha value is -4.22. The summed E-state index contributed by atoms with van der Waals surface area (Å²) in [6.07, 6.45) is 4.87. The van der Waals surface area contributed by atoms with E-state index in [1.807, 2.05) is 49.0 Å². The number of fused-ring (bicyclic) bond motifs is 1. The summed E-state index contributed by atoms with van der Waals surface area (Å²) in [6.45, 7) is 6.99. The topological polar surface area (TPSA) is 105 Å². The summed E-state index contributed by atoms with van der Waals surface area (Å²) in [4.78, 5) is 10.1. The zero-order valence-electron chi connectivity index (χ0n) is 23.1. The Kier molecular flexibility index (Phi) is 7.00. The molecule has 9 nitrogen and oxygen atoms in total. The summed E-state index contributed by atoms with van der Waals surface area (Å²) in [5, 5.41) is 5.68. The lowest BCUT2D eigenvalue weighted by Gasteiger charge is -2.30. The first-order valence-corrected chi connectivity index (χ1v) is 15.3. The molecule has 2 N–H and O–H groups in total. The maximum Gasteiger partial charge on any atom is 0.229 e. The number of morpholine rings is 1. The van der Waals surface area contributed by atoms with E-state index < -0.39 is 10.0 Å². The molecule has 6 rings (SSSR count). The van der Waals surface area contributed by atoms with E-state index in [0.717, 1.165) is 62.2 Å². The largest absolute Gasteiger partial charge is 0.378 e. The summed E-state index contributed by atoms with van der Waals surface area (Å²) in [5.41, 5.74) is 8.39.